The van der Waals surface area contributed by atoms with Gasteiger partial charge >= 0.3 is 5.97 Å². The average Bonchev–Trinajstić information content (AvgIpc) is 2.52. The monoisotopic (exact) mass is 366 g/mol. The third-order valence-corrected chi connectivity index (χ3v) is 3.76. The Hall–Kier alpha value is -2.24. The molecule has 2 aromatic carbocycles. The standard InChI is InChI=1S/C17H16Cl2N2O3/c1-10(11-3-2-4-12(18)7-11)21-16(22)9-24-17(23)14-6-5-13(19)8-15(14)20/h2-8,10H,9,20H2,1H3,(H,21,22)/t10-/m1/s1. The summed E-state index contributed by atoms with van der Waals surface area (Å²) in [6.45, 7) is 1.40. The summed E-state index contributed by atoms with van der Waals surface area (Å²) in [5.74, 6) is -1.11. The second-order valence-electron chi connectivity index (χ2n) is 5.15. The molecule has 0 fully saturated rings. The van der Waals surface area contributed by atoms with E-state index in [1.165, 1.54) is 18.2 Å². The van der Waals surface area contributed by atoms with E-state index in [-0.39, 0.29) is 17.3 Å². The molecule has 5 nitrogen and oxygen atoms in total. The van der Waals surface area contributed by atoms with Crippen molar-refractivity contribution in [3.05, 3.63) is 63.6 Å². The molecule has 3 N–H and O–H groups in total. The zero-order valence-corrected chi connectivity index (χ0v) is 14.4. The van der Waals surface area contributed by atoms with Gasteiger partial charge < -0.3 is 15.8 Å². The first-order chi connectivity index (χ1) is 11.4. The maximum absolute atomic E-state index is 11.9. The summed E-state index contributed by atoms with van der Waals surface area (Å²) in [4.78, 5) is 23.9. The summed E-state index contributed by atoms with van der Waals surface area (Å²) in [6.07, 6.45) is 0. The summed E-state index contributed by atoms with van der Waals surface area (Å²) in [5.41, 5.74) is 6.91. The molecule has 1 amide bonds. The SMILES string of the molecule is C[C@@H](NC(=O)COC(=O)c1ccc(Cl)cc1N)c1cccc(Cl)c1. The minimum Gasteiger partial charge on any atom is -0.452 e. The van der Waals surface area contributed by atoms with E-state index in [1.54, 1.807) is 18.2 Å². The molecule has 0 saturated heterocycles. The third-order valence-electron chi connectivity index (χ3n) is 3.29. The number of amides is 1. The van der Waals surface area contributed by atoms with Crippen molar-refractivity contribution in [2.24, 2.45) is 0 Å². The van der Waals surface area contributed by atoms with Gasteiger partial charge in [-0.05, 0) is 42.8 Å². The van der Waals surface area contributed by atoms with Crippen LogP contribution in [-0.4, -0.2) is 18.5 Å². The van der Waals surface area contributed by atoms with Gasteiger partial charge in [0.05, 0.1) is 11.6 Å². The molecule has 126 valence electrons. The number of benzene rings is 2. The molecular formula is C17H16Cl2N2O3. The highest BCUT2D eigenvalue weighted by atomic mass is 35.5. The van der Waals surface area contributed by atoms with Crippen LogP contribution in [0.1, 0.15) is 28.9 Å². The smallest absolute Gasteiger partial charge is 0.340 e. The quantitative estimate of drug-likeness (QED) is 0.625. The van der Waals surface area contributed by atoms with Crippen molar-refractivity contribution in [3.63, 3.8) is 0 Å². The number of hydrogen-bond donors (Lipinski definition) is 2. The van der Waals surface area contributed by atoms with Crippen LogP contribution in [0.5, 0.6) is 0 Å². The Morgan fingerprint density at radius 2 is 1.88 bits per heavy atom. The fourth-order valence-electron chi connectivity index (χ4n) is 2.07. The molecule has 0 heterocycles. The van der Waals surface area contributed by atoms with Crippen LogP contribution < -0.4 is 11.1 Å². The van der Waals surface area contributed by atoms with Gasteiger partial charge in [0.2, 0.25) is 0 Å². The van der Waals surface area contributed by atoms with E-state index >= 15 is 0 Å². The Labute approximate surface area is 149 Å². The lowest BCUT2D eigenvalue weighted by atomic mass is 10.1. The van der Waals surface area contributed by atoms with Gasteiger partial charge in [0, 0.05) is 15.7 Å². The van der Waals surface area contributed by atoms with Gasteiger partial charge in [-0.3, -0.25) is 4.79 Å². The topological polar surface area (TPSA) is 81.4 Å². The number of nitrogens with two attached hydrogens (primary N) is 1. The van der Waals surface area contributed by atoms with Crippen LogP contribution in [0, 0.1) is 0 Å². The summed E-state index contributed by atoms with van der Waals surface area (Å²) >= 11 is 11.7. The molecule has 0 aromatic heterocycles. The van der Waals surface area contributed by atoms with Crippen LogP contribution >= 0.6 is 23.2 Å². The average molecular weight is 367 g/mol. The molecule has 0 aliphatic rings. The van der Waals surface area contributed by atoms with Crippen LogP contribution in [0.2, 0.25) is 10.0 Å². The lowest BCUT2D eigenvalue weighted by Gasteiger charge is -2.15. The molecule has 0 bridgehead atoms. The Morgan fingerprint density at radius 3 is 2.54 bits per heavy atom. The third kappa shape index (κ3) is 4.88. The molecule has 2 rings (SSSR count). The highest BCUT2D eigenvalue weighted by Gasteiger charge is 2.15. The second-order valence-corrected chi connectivity index (χ2v) is 6.02. The van der Waals surface area contributed by atoms with Gasteiger partial charge in [0.25, 0.3) is 5.91 Å². The minimum absolute atomic E-state index is 0.162. The van der Waals surface area contributed by atoms with E-state index in [0.717, 1.165) is 5.56 Å². The van der Waals surface area contributed by atoms with Crippen LogP contribution in [0.15, 0.2) is 42.5 Å². The van der Waals surface area contributed by atoms with Gasteiger partial charge in [-0.25, -0.2) is 4.79 Å². The molecule has 0 radical (unpaired) electrons. The van der Waals surface area contributed by atoms with Crippen LogP contribution in [0.4, 0.5) is 5.69 Å². The van der Waals surface area contributed by atoms with Crippen molar-refractivity contribution in [1.82, 2.24) is 5.32 Å². The molecular weight excluding hydrogens is 351 g/mol. The summed E-state index contributed by atoms with van der Waals surface area (Å²) in [5, 5.41) is 3.72. The van der Waals surface area contributed by atoms with Gasteiger partial charge in [-0.2, -0.15) is 0 Å². The van der Waals surface area contributed by atoms with Crippen molar-refractivity contribution >= 4 is 40.8 Å². The van der Waals surface area contributed by atoms with E-state index in [0.29, 0.717) is 10.0 Å². The van der Waals surface area contributed by atoms with Gasteiger partial charge in [0.1, 0.15) is 0 Å². The van der Waals surface area contributed by atoms with Gasteiger partial charge in [-0.15, -0.1) is 0 Å². The lowest BCUT2D eigenvalue weighted by molar-refractivity contribution is -0.124. The van der Waals surface area contributed by atoms with Gasteiger partial charge in [-0.1, -0.05) is 35.3 Å². The Balaban J connectivity index is 1.89. The zero-order valence-electron chi connectivity index (χ0n) is 12.9. The molecule has 0 aliphatic carbocycles. The van der Waals surface area contributed by atoms with E-state index in [4.69, 9.17) is 33.7 Å². The van der Waals surface area contributed by atoms with Crippen molar-refractivity contribution in [2.75, 3.05) is 12.3 Å². The maximum atomic E-state index is 11.9. The van der Waals surface area contributed by atoms with Crippen molar-refractivity contribution in [1.29, 1.82) is 0 Å². The first-order valence-electron chi connectivity index (χ1n) is 7.14. The van der Waals surface area contributed by atoms with Gasteiger partial charge in [0.15, 0.2) is 6.61 Å². The predicted molar refractivity (Wildman–Crippen MR) is 94.2 cm³/mol. The molecule has 7 heteroatoms. The highest BCUT2D eigenvalue weighted by Crippen LogP contribution is 2.19. The van der Waals surface area contributed by atoms with E-state index in [2.05, 4.69) is 5.32 Å². The van der Waals surface area contributed by atoms with Crippen molar-refractivity contribution in [2.45, 2.75) is 13.0 Å². The van der Waals surface area contributed by atoms with E-state index in [1.807, 2.05) is 13.0 Å². The first-order valence-corrected chi connectivity index (χ1v) is 7.89. The summed E-state index contributed by atoms with van der Waals surface area (Å²) < 4.78 is 4.97. The highest BCUT2D eigenvalue weighted by molar-refractivity contribution is 6.31. The Bertz CT molecular complexity index is 765. The number of carbonyl (C=O) groups excluding carboxylic acids is 2. The molecule has 24 heavy (non-hydrogen) atoms. The number of hydrogen-bond acceptors (Lipinski definition) is 4. The number of rotatable bonds is 5. The van der Waals surface area contributed by atoms with Crippen LogP contribution in [0.3, 0.4) is 0 Å². The fraction of sp³-hybridized carbons (Fsp3) is 0.176. The normalized spacial score (nSPS) is 11.6. The number of carbonyl (C=O) groups is 2. The lowest BCUT2D eigenvalue weighted by Crippen LogP contribution is -2.31. The summed E-state index contributed by atoms with van der Waals surface area (Å²) in [7, 11) is 0. The van der Waals surface area contributed by atoms with E-state index < -0.39 is 18.5 Å². The number of ether oxygens (including phenoxy) is 1. The number of esters is 1. The molecule has 2 aromatic rings. The Kier molecular flexibility index (Phi) is 6.06. The van der Waals surface area contributed by atoms with Crippen LogP contribution in [0.25, 0.3) is 0 Å². The molecule has 0 unspecified atom stereocenters. The van der Waals surface area contributed by atoms with Crippen molar-refractivity contribution < 1.29 is 14.3 Å². The zero-order chi connectivity index (χ0) is 17.7. The van der Waals surface area contributed by atoms with Crippen LogP contribution in [-0.2, 0) is 9.53 Å². The first kappa shape index (κ1) is 18.1. The maximum Gasteiger partial charge on any atom is 0.340 e. The molecule has 0 saturated carbocycles. The number of halogens is 2. The molecule has 0 aliphatic heterocycles. The molecule has 1 atom stereocenters. The Morgan fingerprint density at radius 1 is 1.17 bits per heavy atom. The van der Waals surface area contributed by atoms with Crippen molar-refractivity contribution in [3.8, 4) is 0 Å². The number of nitrogen functional groups attached to an aromatic ring is 1. The minimum atomic E-state index is -0.685. The second kappa shape index (κ2) is 8.04. The largest absolute Gasteiger partial charge is 0.452 e. The molecule has 0 spiro atoms. The predicted octanol–water partition coefficient (Wildman–Crippen LogP) is 3.61. The summed E-state index contributed by atoms with van der Waals surface area (Å²) in [6, 6.07) is 11.3. The number of nitrogens with one attached hydrogen (secondary N) is 1. The number of anilines is 1. The van der Waals surface area contributed by atoms with E-state index in [9.17, 15) is 9.59 Å². The fourth-order valence-corrected chi connectivity index (χ4v) is 2.45.